The first-order chi connectivity index (χ1) is 10.7. The Morgan fingerprint density at radius 1 is 1.41 bits per heavy atom. The summed E-state index contributed by atoms with van der Waals surface area (Å²) in [6.07, 6.45) is 5.76. The van der Waals surface area contributed by atoms with E-state index < -0.39 is 0 Å². The third-order valence-corrected chi connectivity index (χ3v) is 4.11. The number of rotatable bonds is 4. The molecule has 0 saturated carbocycles. The highest BCUT2D eigenvalue weighted by Crippen LogP contribution is 2.38. The van der Waals surface area contributed by atoms with Gasteiger partial charge < -0.3 is 9.64 Å². The summed E-state index contributed by atoms with van der Waals surface area (Å²) in [7, 11) is 1.65. The van der Waals surface area contributed by atoms with Crippen molar-refractivity contribution < 1.29 is 9.53 Å². The molecule has 1 aliphatic heterocycles. The molecule has 0 atom stereocenters. The maximum absolute atomic E-state index is 12.6. The number of amides is 1. The summed E-state index contributed by atoms with van der Waals surface area (Å²) in [5.41, 5.74) is 3.38. The SMILES string of the molecule is COc1ccc(C)c2c1N(C(=O)CCn1ccnn1)CCC2. The number of ether oxygens (including phenoxy) is 1. The van der Waals surface area contributed by atoms with Crippen LogP contribution in [0.2, 0.25) is 0 Å². The molecule has 0 radical (unpaired) electrons. The predicted octanol–water partition coefficient (Wildman–Crippen LogP) is 1.96. The average molecular weight is 300 g/mol. The highest BCUT2D eigenvalue weighted by molar-refractivity contribution is 5.96. The molecule has 6 nitrogen and oxygen atoms in total. The summed E-state index contributed by atoms with van der Waals surface area (Å²) >= 11 is 0. The molecule has 0 bridgehead atoms. The Balaban J connectivity index is 1.84. The van der Waals surface area contributed by atoms with E-state index in [1.54, 1.807) is 24.2 Å². The standard InChI is InChI=1S/C16H20N4O2/c1-12-5-6-14(22-2)16-13(12)4-3-9-20(16)15(21)7-10-19-11-8-17-18-19/h5-6,8,11H,3-4,7,9-10H2,1-2H3. The second kappa shape index (κ2) is 6.17. The van der Waals surface area contributed by atoms with Crippen molar-refractivity contribution in [3.05, 3.63) is 35.7 Å². The van der Waals surface area contributed by atoms with Gasteiger partial charge in [0.25, 0.3) is 0 Å². The maximum atomic E-state index is 12.6. The molecule has 0 saturated heterocycles. The molecule has 0 unspecified atom stereocenters. The van der Waals surface area contributed by atoms with E-state index in [4.69, 9.17) is 4.74 Å². The summed E-state index contributed by atoms with van der Waals surface area (Å²) in [6.45, 7) is 3.36. The van der Waals surface area contributed by atoms with Crippen LogP contribution in [0.1, 0.15) is 24.0 Å². The van der Waals surface area contributed by atoms with Gasteiger partial charge in [0.05, 0.1) is 25.5 Å². The van der Waals surface area contributed by atoms with Crippen molar-refractivity contribution in [1.29, 1.82) is 0 Å². The van der Waals surface area contributed by atoms with E-state index in [0.29, 0.717) is 13.0 Å². The van der Waals surface area contributed by atoms with Crippen LogP contribution in [-0.2, 0) is 17.8 Å². The van der Waals surface area contributed by atoms with E-state index >= 15 is 0 Å². The first-order valence-electron chi connectivity index (χ1n) is 7.51. The molecule has 22 heavy (non-hydrogen) atoms. The predicted molar refractivity (Wildman–Crippen MR) is 83.0 cm³/mol. The van der Waals surface area contributed by atoms with Gasteiger partial charge in [-0.1, -0.05) is 11.3 Å². The van der Waals surface area contributed by atoms with Crippen molar-refractivity contribution in [2.75, 3.05) is 18.6 Å². The first kappa shape index (κ1) is 14.6. The van der Waals surface area contributed by atoms with Crippen LogP contribution < -0.4 is 9.64 Å². The van der Waals surface area contributed by atoms with Gasteiger partial charge in [-0.25, -0.2) is 0 Å². The molecule has 1 amide bonds. The zero-order valence-corrected chi connectivity index (χ0v) is 13.0. The van der Waals surface area contributed by atoms with Crippen molar-refractivity contribution in [3.63, 3.8) is 0 Å². The lowest BCUT2D eigenvalue weighted by atomic mass is 9.96. The summed E-state index contributed by atoms with van der Waals surface area (Å²) in [4.78, 5) is 14.5. The monoisotopic (exact) mass is 300 g/mol. The Morgan fingerprint density at radius 2 is 2.27 bits per heavy atom. The van der Waals surface area contributed by atoms with Gasteiger partial charge in [-0.15, -0.1) is 5.10 Å². The van der Waals surface area contributed by atoms with Crippen molar-refractivity contribution in [1.82, 2.24) is 15.0 Å². The van der Waals surface area contributed by atoms with Gasteiger partial charge in [0, 0.05) is 19.2 Å². The number of nitrogens with zero attached hydrogens (tertiary/aromatic N) is 4. The largest absolute Gasteiger partial charge is 0.495 e. The Morgan fingerprint density at radius 3 is 3.00 bits per heavy atom. The molecule has 1 aromatic carbocycles. The zero-order chi connectivity index (χ0) is 15.5. The molecule has 1 aromatic heterocycles. The van der Waals surface area contributed by atoms with Crippen LogP contribution in [0.4, 0.5) is 5.69 Å². The minimum absolute atomic E-state index is 0.0975. The third kappa shape index (κ3) is 2.68. The van der Waals surface area contributed by atoms with Gasteiger partial charge in [0.2, 0.25) is 5.91 Å². The molecule has 116 valence electrons. The molecule has 0 aliphatic carbocycles. The number of benzene rings is 1. The quantitative estimate of drug-likeness (QED) is 0.866. The van der Waals surface area contributed by atoms with Crippen LogP contribution in [0.3, 0.4) is 0 Å². The topological polar surface area (TPSA) is 60.2 Å². The Kier molecular flexibility index (Phi) is 4.09. The summed E-state index contributed by atoms with van der Waals surface area (Å²) in [5, 5.41) is 7.65. The zero-order valence-electron chi connectivity index (χ0n) is 13.0. The fourth-order valence-corrected chi connectivity index (χ4v) is 2.96. The van der Waals surface area contributed by atoms with E-state index in [1.807, 2.05) is 11.0 Å². The van der Waals surface area contributed by atoms with E-state index in [2.05, 4.69) is 23.3 Å². The lowest BCUT2D eigenvalue weighted by molar-refractivity contribution is -0.119. The Bertz CT molecular complexity index is 667. The van der Waals surface area contributed by atoms with Crippen molar-refractivity contribution in [3.8, 4) is 5.75 Å². The van der Waals surface area contributed by atoms with Gasteiger partial charge in [-0.05, 0) is 37.0 Å². The van der Waals surface area contributed by atoms with E-state index in [9.17, 15) is 4.79 Å². The van der Waals surface area contributed by atoms with Gasteiger partial charge >= 0.3 is 0 Å². The highest BCUT2D eigenvalue weighted by atomic mass is 16.5. The summed E-state index contributed by atoms with van der Waals surface area (Å²) in [5.74, 6) is 0.870. The van der Waals surface area contributed by atoms with E-state index in [0.717, 1.165) is 30.8 Å². The summed E-state index contributed by atoms with van der Waals surface area (Å²) in [6, 6.07) is 4.00. The minimum Gasteiger partial charge on any atom is -0.495 e. The fourth-order valence-electron chi connectivity index (χ4n) is 2.96. The molecular weight excluding hydrogens is 280 g/mol. The number of carbonyl (C=O) groups excluding carboxylic acids is 1. The molecule has 3 rings (SSSR count). The average Bonchev–Trinajstić information content (AvgIpc) is 3.06. The number of hydrogen-bond acceptors (Lipinski definition) is 4. The number of aromatic nitrogens is 3. The van der Waals surface area contributed by atoms with Gasteiger partial charge in [-0.2, -0.15) is 0 Å². The number of hydrogen-bond donors (Lipinski definition) is 0. The Hall–Kier alpha value is -2.37. The molecule has 0 fully saturated rings. The Labute approximate surface area is 129 Å². The number of methoxy groups -OCH3 is 1. The van der Waals surface area contributed by atoms with Gasteiger partial charge in [0.1, 0.15) is 5.75 Å². The van der Waals surface area contributed by atoms with Crippen molar-refractivity contribution >= 4 is 11.6 Å². The maximum Gasteiger partial charge on any atom is 0.228 e. The minimum atomic E-state index is 0.0975. The summed E-state index contributed by atoms with van der Waals surface area (Å²) < 4.78 is 7.15. The van der Waals surface area contributed by atoms with Gasteiger partial charge in [-0.3, -0.25) is 9.48 Å². The van der Waals surface area contributed by atoms with Crippen LogP contribution in [0.5, 0.6) is 5.75 Å². The van der Waals surface area contributed by atoms with Crippen LogP contribution in [0.15, 0.2) is 24.5 Å². The smallest absolute Gasteiger partial charge is 0.228 e. The molecule has 0 spiro atoms. The first-order valence-corrected chi connectivity index (χ1v) is 7.51. The molecule has 0 N–H and O–H groups in total. The highest BCUT2D eigenvalue weighted by Gasteiger charge is 2.26. The van der Waals surface area contributed by atoms with Crippen LogP contribution in [0.25, 0.3) is 0 Å². The van der Waals surface area contributed by atoms with E-state index in [1.165, 1.54) is 11.1 Å². The second-order valence-corrected chi connectivity index (χ2v) is 5.48. The lowest BCUT2D eigenvalue weighted by Gasteiger charge is -2.32. The van der Waals surface area contributed by atoms with Crippen LogP contribution in [0, 0.1) is 6.92 Å². The number of carbonyl (C=O) groups is 1. The lowest BCUT2D eigenvalue weighted by Crippen LogP contribution is -2.36. The van der Waals surface area contributed by atoms with Crippen molar-refractivity contribution in [2.45, 2.75) is 32.7 Å². The van der Waals surface area contributed by atoms with Gasteiger partial charge in [0.15, 0.2) is 0 Å². The van der Waals surface area contributed by atoms with Crippen LogP contribution in [-0.4, -0.2) is 34.6 Å². The third-order valence-electron chi connectivity index (χ3n) is 4.11. The number of fused-ring (bicyclic) bond motifs is 1. The molecule has 2 heterocycles. The fraction of sp³-hybridized carbons (Fsp3) is 0.438. The molecular formula is C16H20N4O2. The molecule has 1 aliphatic rings. The molecule has 6 heteroatoms. The van der Waals surface area contributed by atoms with E-state index in [-0.39, 0.29) is 5.91 Å². The normalized spacial score (nSPS) is 13.8. The van der Waals surface area contributed by atoms with Crippen LogP contribution >= 0.6 is 0 Å². The number of aryl methyl sites for hydroxylation is 2. The second-order valence-electron chi connectivity index (χ2n) is 5.48. The molecule has 2 aromatic rings. The van der Waals surface area contributed by atoms with Crippen molar-refractivity contribution in [2.24, 2.45) is 0 Å². The number of anilines is 1.